The van der Waals surface area contributed by atoms with Crippen LogP contribution in [-0.4, -0.2) is 50.7 Å². The minimum atomic E-state index is -0.690. The van der Waals surface area contributed by atoms with Crippen LogP contribution in [0.25, 0.3) is 0 Å². The molecule has 0 amide bonds. The van der Waals surface area contributed by atoms with Gasteiger partial charge in [0.2, 0.25) is 0 Å². The first-order valence-corrected chi connectivity index (χ1v) is 10.4. The monoisotopic (exact) mass is 374 g/mol. The van der Waals surface area contributed by atoms with Gasteiger partial charge in [-0.1, -0.05) is 39.0 Å². The lowest BCUT2D eigenvalue weighted by Crippen LogP contribution is -2.22. The lowest BCUT2D eigenvalue weighted by Gasteiger charge is -2.22. The van der Waals surface area contributed by atoms with Crippen LogP contribution in [0.3, 0.4) is 0 Å². The average molecular weight is 375 g/mol. The largest absolute Gasteiger partial charge is 0.481 e. The van der Waals surface area contributed by atoms with Crippen molar-refractivity contribution < 1.29 is 24.1 Å². The van der Waals surface area contributed by atoms with Gasteiger partial charge in [-0.05, 0) is 44.9 Å². The van der Waals surface area contributed by atoms with E-state index in [1.54, 1.807) is 21.3 Å². The van der Waals surface area contributed by atoms with Crippen LogP contribution in [0.4, 0.5) is 0 Å². The second kappa shape index (κ2) is 17.7. The second-order valence-corrected chi connectivity index (χ2v) is 7.23. The van der Waals surface area contributed by atoms with Gasteiger partial charge in [0, 0.05) is 27.8 Å². The first kappa shape index (κ1) is 25.4. The molecule has 0 saturated heterocycles. The van der Waals surface area contributed by atoms with Crippen molar-refractivity contribution in [1.82, 2.24) is 0 Å². The normalized spacial score (nSPS) is 14.9. The van der Waals surface area contributed by atoms with Gasteiger partial charge in [-0.25, -0.2) is 0 Å². The minimum absolute atomic E-state index is 0.262. The van der Waals surface area contributed by atoms with E-state index in [9.17, 15) is 4.79 Å². The van der Waals surface area contributed by atoms with Crippen molar-refractivity contribution in [1.29, 1.82) is 0 Å². The number of aliphatic carboxylic acids is 1. The molecule has 5 nitrogen and oxygen atoms in total. The molecule has 156 valence electrons. The number of rotatable bonds is 19. The first-order chi connectivity index (χ1) is 12.6. The fourth-order valence-electron chi connectivity index (χ4n) is 3.41. The van der Waals surface area contributed by atoms with Crippen molar-refractivity contribution in [3.63, 3.8) is 0 Å². The maximum atomic E-state index is 10.5. The number of carbonyl (C=O) groups is 1. The minimum Gasteiger partial charge on any atom is -0.481 e. The van der Waals surface area contributed by atoms with Crippen LogP contribution in [0.2, 0.25) is 0 Å². The molecule has 0 aliphatic rings. The summed E-state index contributed by atoms with van der Waals surface area (Å²) in [7, 11) is 5.38. The third kappa shape index (κ3) is 14.5. The molecule has 0 bridgehead atoms. The first-order valence-electron chi connectivity index (χ1n) is 10.4. The summed E-state index contributed by atoms with van der Waals surface area (Å²) in [6.45, 7) is 2.18. The molecule has 3 unspecified atom stereocenters. The zero-order chi connectivity index (χ0) is 19.6. The van der Waals surface area contributed by atoms with E-state index in [-0.39, 0.29) is 6.10 Å². The third-order valence-corrected chi connectivity index (χ3v) is 5.11. The van der Waals surface area contributed by atoms with Crippen molar-refractivity contribution in [3.05, 3.63) is 0 Å². The molecule has 3 atom stereocenters. The van der Waals surface area contributed by atoms with Crippen molar-refractivity contribution >= 4 is 5.97 Å². The lowest BCUT2D eigenvalue weighted by atomic mass is 9.99. The molecule has 0 aromatic rings. The Labute approximate surface area is 160 Å². The summed E-state index contributed by atoms with van der Waals surface area (Å²) in [5.41, 5.74) is 0. The Kier molecular flexibility index (Phi) is 17.3. The van der Waals surface area contributed by atoms with Gasteiger partial charge in [0.05, 0.1) is 18.3 Å². The van der Waals surface area contributed by atoms with Crippen LogP contribution in [0.5, 0.6) is 0 Å². The number of ether oxygens (including phenoxy) is 3. The van der Waals surface area contributed by atoms with Gasteiger partial charge in [0.25, 0.3) is 0 Å². The highest BCUT2D eigenvalue weighted by Crippen LogP contribution is 2.19. The Morgan fingerprint density at radius 3 is 1.81 bits per heavy atom. The molecule has 0 rings (SSSR count). The van der Waals surface area contributed by atoms with E-state index in [1.807, 2.05) is 0 Å². The molecular formula is C21H42O5. The average Bonchev–Trinajstić information content (AvgIpc) is 2.63. The molecule has 0 heterocycles. The summed E-state index contributed by atoms with van der Waals surface area (Å²) < 4.78 is 16.8. The van der Waals surface area contributed by atoms with Crippen LogP contribution in [0.15, 0.2) is 0 Å². The summed E-state index contributed by atoms with van der Waals surface area (Å²) in [4.78, 5) is 10.5. The Bertz CT molecular complexity index is 322. The molecule has 1 N–H and O–H groups in total. The topological polar surface area (TPSA) is 65.0 Å². The predicted octanol–water partition coefficient (Wildman–Crippen LogP) is 5.21. The van der Waals surface area contributed by atoms with E-state index in [2.05, 4.69) is 6.92 Å². The van der Waals surface area contributed by atoms with Gasteiger partial charge in [-0.2, -0.15) is 0 Å². The fraction of sp³-hybridized carbons (Fsp3) is 0.952. The van der Waals surface area contributed by atoms with E-state index in [1.165, 1.54) is 0 Å². The molecule has 0 aromatic heterocycles. The summed E-state index contributed by atoms with van der Waals surface area (Å²) in [6.07, 6.45) is 13.9. The molecule has 0 spiro atoms. The van der Waals surface area contributed by atoms with Gasteiger partial charge < -0.3 is 19.3 Å². The van der Waals surface area contributed by atoms with Crippen molar-refractivity contribution in [2.45, 2.75) is 109 Å². The lowest BCUT2D eigenvalue weighted by molar-refractivity contribution is -0.137. The van der Waals surface area contributed by atoms with E-state index >= 15 is 0 Å². The van der Waals surface area contributed by atoms with Gasteiger partial charge in [-0.15, -0.1) is 0 Å². The third-order valence-electron chi connectivity index (χ3n) is 5.11. The van der Waals surface area contributed by atoms with Gasteiger partial charge in [0.15, 0.2) is 0 Å². The van der Waals surface area contributed by atoms with E-state index < -0.39 is 5.97 Å². The van der Waals surface area contributed by atoms with Crippen LogP contribution < -0.4 is 0 Å². The molecule has 0 fully saturated rings. The van der Waals surface area contributed by atoms with Gasteiger partial charge in [-0.3, -0.25) is 4.79 Å². The second-order valence-electron chi connectivity index (χ2n) is 7.23. The maximum Gasteiger partial charge on any atom is 0.303 e. The highest BCUT2D eigenvalue weighted by atomic mass is 16.5. The predicted molar refractivity (Wildman–Crippen MR) is 106 cm³/mol. The number of hydrogen-bond acceptors (Lipinski definition) is 4. The van der Waals surface area contributed by atoms with Gasteiger partial charge in [0.1, 0.15) is 0 Å². The standard InChI is InChI=1S/C21H42O5/c1-5-12-19(25-3)17-20(26-4)15-11-14-18(24-2)13-9-7-6-8-10-16-21(22)23/h18-20H,5-17H2,1-4H3,(H,22,23). The molecule has 0 saturated carbocycles. The fourth-order valence-corrected chi connectivity index (χ4v) is 3.41. The van der Waals surface area contributed by atoms with Crippen molar-refractivity contribution in [2.75, 3.05) is 21.3 Å². The van der Waals surface area contributed by atoms with Crippen molar-refractivity contribution in [3.8, 4) is 0 Å². The molecule has 5 heteroatoms. The smallest absolute Gasteiger partial charge is 0.303 e. The number of unbranched alkanes of at least 4 members (excludes halogenated alkanes) is 4. The Hall–Kier alpha value is -0.650. The number of methoxy groups -OCH3 is 3. The maximum absolute atomic E-state index is 10.5. The highest BCUT2D eigenvalue weighted by Gasteiger charge is 2.16. The highest BCUT2D eigenvalue weighted by molar-refractivity contribution is 5.66. The molecular weight excluding hydrogens is 332 g/mol. The summed E-state index contributed by atoms with van der Waals surface area (Å²) >= 11 is 0. The zero-order valence-corrected chi connectivity index (χ0v) is 17.5. The SMILES string of the molecule is CCCC(CC(CCCC(CCCCCCCC(=O)O)OC)OC)OC. The Morgan fingerprint density at radius 1 is 0.731 bits per heavy atom. The molecule has 0 aliphatic heterocycles. The summed E-state index contributed by atoms with van der Waals surface area (Å²) in [6, 6.07) is 0. The molecule has 0 radical (unpaired) electrons. The Morgan fingerprint density at radius 2 is 1.23 bits per heavy atom. The Balaban J connectivity index is 3.82. The van der Waals surface area contributed by atoms with E-state index in [0.29, 0.717) is 18.6 Å². The van der Waals surface area contributed by atoms with Crippen LogP contribution in [0, 0.1) is 0 Å². The number of carboxylic acids is 1. The number of carboxylic acid groups (broad SMARTS) is 1. The molecule has 0 aliphatic carbocycles. The molecule has 26 heavy (non-hydrogen) atoms. The molecule has 0 aromatic carbocycles. The van der Waals surface area contributed by atoms with Crippen LogP contribution in [0.1, 0.15) is 90.4 Å². The van der Waals surface area contributed by atoms with Crippen LogP contribution >= 0.6 is 0 Å². The van der Waals surface area contributed by atoms with E-state index in [0.717, 1.165) is 77.0 Å². The van der Waals surface area contributed by atoms with Gasteiger partial charge >= 0.3 is 5.97 Å². The van der Waals surface area contributed by atoms with E-state index in [4.69, 9.17) is 19.3 Å². The van der Waals surface area contributed by atoms with Crippen molar-refractivity contribution in [2.24, 2.45) is 0 Å². The summed E-state index contributed by atoms with van der Waals surface area (Å²) in [5.74, 6) is -0.690. The summed E-state index contributed by atoms with van der Waals surface area (Å²) in [5, 5.41) is 8.62. The quantitative estimate of drug-likeness (QED) is 0.315. The van der Waals surface area contributed by atoms with Crippen LogP contribution in [-0.2, 0) is 19.0 Å². The zero-order valence-electron chi connectivity index (χ0n) is 17.5. The number of hydrogen-bond donors (Lipinski definition) is 1.